The number of halogens is 1. The zero-order valence-electron chi connectivity index (χ0n) is 18.9. The number of thioether (sulfide) groups is 1. The van der Waals surface area contributed by atoms with Crippen LogP contribution in [-0.4, -0.2) is 44.4 Å². The van der Waals surface area contributed by atoms with Crippen LogP contribution in [0.1, 0.15) is 37.0 Å². The van der Waals surface area contributed by atoms with Crippen LogP contribution >= 0.6 is 11.8 Å². The van der Waals surface area contributed by atoms with Crippen molar-refractivity contribution in [2.24, 2.45) is 0 Å². The van der Waals surface area contributed by atoms with E-state index in [1.165, 1.54) is 19.1 Å². The Morgan fingerprint density at radius 1 is 1.15 bits per heavy atom. The molecule has 1 unspecified atom stereocenters. The number of nitrogens with one attached hydrogen (secondary N) is 1. The molecule has 2 N–H and O–H groups in total. The van der Waals surface area contributed by atoms with Gasteiger partial charge in [0, 0.05) is 41.0 Å². The standard InChI is InChI=1S/C25H24FNO5S2/c1-14-20(10-16-4-7-18(8-5-16)34(3)32)19-9-6-17(26)11-22(19)21(14)12-24(29)33-13-23(25(30)31)27-15(2)28/h4-11,23H,12-13H2,1-3H3,(H,27,28)(H,30,31)/t23-,34?/m0/s1. The number of rotatable bonds is 8. The van der Waals surface area contributed by atoms with Crippen LogP contribution in [0.4, 0.5) is 4.39 Å². The summed E-state index contributed by atoms with van der Waals surface area (Å²) in [5.41, 5.74) is 4.66. The number of benzene rings is 2. The molecule has 0 radical (unpaired) electrons. The molecule has 2 aromatic rings. The summed E-state index contributed by atoms with van der Waals surface area (Å²) in [7, 11) is -1.08. The third-order valence-electron chi connectivity index (χ3n) is 5.38. The van der Waals surface area contributed by atoms with E-state index in [0.29, 0.717) is 16.0 Å². The summed E-state index contributed by atoms with van der Waals surface area (Å²) in [4.78, 5) is 35.9. The number of amides is 1. The van der Waals surface area contributed by atoms with Crippen LogP contribution in [0.25, 0.3) is 17.2 Å². The second kappa shape index (κ2) is 10.9. The highest BCUT2D eigenvalue weighted by Crippen LogP contribution is 2.44. The number of carbonyl (C=O) groups excluding carboxylic acids is 2. The smallest absolute Gasteiger partial charge is 0.327 e. The van der Waals surface area contributed by atoms with Crippen molar-refractivity contribution < 1.29 is 28.1 Å². The molecular formula is C25H24FNO5S2. The van der Waals surface area contributed by atoms with Crippen LogP contribution in [0.3, 0.4) is 0 Å². The molecule has 0 bridgehead atoms. The van der Waals surface area contributed by atoms with Crippen molar-refractivity contribution in [3.8, 4) is 0 Å². The van der Waals surface area contributed by atoms with Gasteiger partial charge in [0.25, 0.3) is 0 Å². The SMILES string of the molecule is CC(=O)N[C@@H](CSC(=O)CC1=C(C)C(=Cc2ccc(S(C)=O)cc2)c2ccc(F)cc21)C(=O)O. The summed E-state index contributed by atoms with van der Waals surface area (Å²) >= 11 is 0.821. The molecule has 2 atom stereocenters. The van der Waals surface area contributed by atoms with E-state index in [2.05, 4.69) is 5.32 Å². The van der Waals surface area contributed by atoms with Crippen molar-refractivity contribution in [3.63, 3.8) is 0 Å². The molecule has 3 rings (SSSR count). The lowest BCUT2D eigenvalue weighted by atomic mass is 10.0. The maximum absolute atomic E-state index is 14.1. The Morgan fingerprint density at radius 2 is 1.82 bits per heavy atom. The average Bonchev–Trinajstić information content (AvgIpc) is 3.01. The van der Waals surface area contributed by atoms with Gasteiger partial charge in [-0.1, -0.05) is 30.0 Å². The van der Waals surface area contributed by atoms with Crippen LogP contribution in [0.15, 0.2) is 52.9 Å². The lowest BCUT2D eigenvalue weighted by Crippen LogP contribution is -2.41. The van der Waals surface area contributed by atoms with Gasteiger partial charge in [-0.15, -0.1) is 0 Å². The number of hydrogen-bond acceptors (Lipinski definition) is 5. The number of carboxylic acids is 1. The van der Waals surface area contributed by atoms with Gasteiger partial charge in [0.2, 0.25) is 5.91 Å². The molecule has 0 spiro atoms. The Balaban J connectivity index is 1.87. The van der Waals surface area contributed by atoms with E-state index in [1.54, 1.807) is 24.5 Å². The van der Waals surface area contributed by atoms with Crippen molar-refractivity contribution in [1.82, 2.24) is 5.32 Å². The lowest BCUT2D eigenvalue weighted by Gasteiger charge is -2.12. The third-order valence-corrected chi connectivity index (χ3v) is 7.29. The van der Waals surface area contributed by atoms with Gasteiger partial charge in [0.05, 0.1) is 0 Å². The molecule has 0 aliphatic heterocycles. The molecule has 178 valence electrons. The fraction of sp³-hybridized carbons (Fsp3) is 0.240. The maximum atomic E-state index is 14.1. The van der Waals surface area contributed by atoms with Gasteiger partial charge in [-0.2, -0.15) is 0 Å². The Labute approximate surface area is 203 Å². The first-order chi connectivity index (χ1) is 16.1. The van der Waals surface area contributed by atoms with Gasteiger partial charge in [-0.05, 0) is 70.7 Å². The summed E-state index contributed by atoms with van der Waals surface area (Å²) in [6.07, 6.45) is 3.54. The zero-order chi connectivity index (χ0) is 25.0. The highest BCUT2D eigenvalue weighted by molar-refractivity contribution is 8.13. The number of hydrogen-bond donors (Lipinski definition) is 2. The summed E-state index contributed by atoms with van der Waals surface area (Å²) in [6, 6.07) is 10.6. The highest BCUT2D eigenvalue weighted by atomic mass is 32.2. The van der Waals surface area contributed by atoms with Crippen LogP contribution in [-0.2, 0) is 25.2 Å². The molecule has 0 fully saturated rings. The van der Waals surface area contributed by atoms with E-state index in [-0.39, 0.29) is 17.3 Å². The van der Waals surface area contributed by atoms with E-state index in [9.17, 15) is 28.1 Å². The Bertz CT molecular complexity index is 1230. The highest BCUT2D eigenvalue weighted by Gasteiger charge is 2.27. The molecule has 1 aliphatic carbocycles. The first kappa shape index (κ1) is 25.6. The minimum absolute atomic E-state index is 0.00947. The number of fused-ring (bicyclic) bond motifs is 1. The van der Waals surface area contributed by atoms with E-state index < -0.39 is 34.5 Å². The molecule has 1 amide bonds. The van der Waals surface area contributed by atoms with Crippen LogP contribution in [0.5, 0.6) is 0 Å². The summed E-state index contributed by atoms with van der Waals surface area (Å²) in [6.45, 7) is 3.08. The quantitative estimate of drug-likeness (QED) is 0.564. The molecule has 0 heterocycles. The van der Waals surface area contributed by atoms with Crippen molar-refractivity contribution in [2.75, 3.05) is 12.0 Å². The number of carboxylic acid groups (broad SMARTS) is 1. The second-order valence-electron chi connectivity index (χ2n) is 7.83. The Hall–Kier alpha value is -3.04. The van der Waals surface area contributed by atoms with Crippen LogP contribution in [0, 0.1) is 5.82 Å². The first-order valence-corrected chi connectivity index (χ1v) is 12.9. The Morgan fingerprint density at radius 3 is 2.41 bits per heavy atom. The lowest BCUT2D eigenvalue weighted by molar-refractivity contribution is -0.140. The number of aliphatic carboxylic acids is 1. The fourth-order valence-corrected chi connectivity index (χ4v) is 5.04. The molecule has 0 saturated heterocycles. The predicted molar refractivity (Wildman–Crippen MR) is 133 cm³/mol. The van der Waals surface area contributed by atoms with Crippen molar-refractivity contribution in [3.05, 3.63) is 70.5 Å². The molecule has 6 nitrogen and oxygen atoms in total. The number of allylic oxidation sites excluding steroid dienone is 3. The minimum Gasteiger partial charge on any atom is -0.480 e. The zero-order valence-corrected chi connectivity index (χ0v) is 20.5. The number of carbonyl (C=O) groups is 3. The van der Waals surface area contributed by atoms with Crippen molar-refractivity contribution >= 4 is 56.8 Å². The predicted octanol–water partition coefficient (Wildman–Crippen LogP) is 4.13. The average molecular weight is 502 g/mol. The maximum Gasteiger partial charge on any atom is 0.327 e. The second-order valence-corrected chi connectivity index (χ2v) is 10.3. The molecule has 0 aromatic heterocycles. The van der Waals surface area contributed by atoms with Gasteiger partial charge in [0.15, 0.2) is 5.12 Å². The van der Waals surface area contributed by atoms with E-state index >= 15 is 0 Å². The van der Waals surface area contributed by atoms with Gasteiger partial charge in [-0.25, -0.2) is 9.18 Å². The summed E-state index contributed by atoms with van der Waals surface area (Å²) in [5.74, 6) is -2.24. The largest absolute Gasteiger partial charge is 0.480 e. The van der Waals surface area contributed by atoms with Crippen molar-refractivity contribution in [1.29, 1.82) is 0 Å². The van der Waals surface area contributed by atoms with Gasteiger partial charge >= 0.3 is 5.97 Å². The molecule has 9 heteroatoms. The minimum atomic E-state index is -1.22. The molecule has 2 aromatic carbocycles. The van der Waals surface area contributed by atoms with Gasteiger partial charge in [0.1, 0.15) is 11.9 Å². The fourth-order valence-electron chi connectivity index (χ4n) is 3.70. The normalized spacial score (nSPS) is 15.7. The van der Waals surface area contributed by atoms with Crippen LogP contribution in [0.2, 0.25) is 0 Å². The molecule has 0 saturated carbocycles. The van der Waals surface area contributed by atoms with Gasteiger partial charge in [-0.3, -0.25) is 13.8 Å². The van der Waals surface area contributed by atoms with Crippen molar-refractivity contribution in [2.45, 2.75) is 31.2 Å². The first-order valence-electron chi connectivity index (χ1n) is 10.4. The van der Waals surface area contributed by atoms with E-state index in [4.69, 9.17) is 0 Å². The third kappa shape index (κ3) is 6.09. The molecule has 1 aliphatic rings. The summed E-state index contributed by atoms with van der Waals surface area (Å²) < 4.78 is 25.7. The van der Waals surface area contributed by atoms with Crippen LogP contribution < -0.4 is 5.32 Å². The molecule has 34 heavy (non-hydrogen) atoms. The van der Waals surface area contributed by atoms with E-state index in [1.807, 2.05) is 25.1 Å². The topological polar surface area (TPSA) is 101 Å². The molecular weight excluding hydrogens is 477 g/mol. The van der Waals surface area contributed by atoms with Gasteiger partial charge < -0.3 is 10.4 Å². The monoisotopic (exact) mass is 501 g/mol. The van der Waals surface area contributed by atoms with E-state index in [0.717, 1.165) is 34.0 Å². The summed E-state index contributed by atoms with van der Waals surface area (Å²) in [5, 5.41) is 11.3. The Kier molecular flexibility index (Phi) is 8.22.